The third kappa shape index (κ3) is 2.63. The number of hydrazine groups is 1. The number of rotatable bonds is 4. The van der Waals surface area contributed by atoms with Crippen molar-refractivity contribution in [1.82, 2.24) is 25.2 Å². The molecule has 2 aromatic heterocycles. The first kappa shape index (κ1) is 13.7. The number of fused-ring (bicyclic) bond motifs is 1. The molecule has 3 rings (SSSR count). The number of para-hydroxylation sites is 1. The van der Waals surface area contributed by atoms with Crippen LogP contribution in [0.4, 0.5) is 0 Å². The number of nitrogens with one attached hydrogen (secondary N) is 1. The molecule has 0 aliphatic carbocycles. The first-order valence-corrected chi connectivity index (χ1v) is 6.84. The van der Waals surface area contributed by atoms with Gasteiger partial charge in [0.05, 0.1) is 22.8 Å². The lowest BCUT2D eigenvalue weighted by molar-refractivity contribution is 0.532. The van der Waals surface area contributed by atoms with Gasteiger partial charge in [0.2, 0.25) is 0 Å². The molecule has 0 aliphatic rings. The van der Waals surface area contributed by atoms with Crippen LogP contribution in [-0.4, -0.2) is 19.7 Å². The van der Waals surface area contributed by atoms with Crippen LogP contribution < -0.4 is 11.3 Å². The molecular weight excluding hydrogens is 264 g/mol. The molecule has 1 unspecified atom stereocenters. The summed E-state index contributed by atoms with van der Waals surface area (Å²) in [5.74, 6) is 5.77. The van der Waals surface area contributed by atoms with E-state index in [2.05, 4.69) is 26.6 Å². The largest absolute Gasteiger partial charge is 0.272 e. The third-order valence-electron chi connectivity index (χ3n) is 3.62. The van der Waals surface area contributed by atoms with Crippen LogP contribution in [0.5, 0.6) is 0 Å². The van der Waals surface area contributed by atoms with Crippen molar-refractivity contribution in [3.8, 4) is 0 Å². The number of nitrogens with zero attached hydrogens (tertiary/aromatic N) is 4. The zero-order valence-corrected chi connectivity index (χ0v) is 12.1. The lowest BCUT2D eigenvalue weighted by atomic mass is 10.0. The highest BCUT2D eigenvalue weighted by Gasteiger charge is 2.16. The summed E-state index contributed by atoms with van der Waals surface area (Å²) in [7, 11) is 1.94. The average Bonchev–Trinajstić information content (AvgIpc) is 2.82. The first-order chi connectivity index (χ1) is 10.2. The minimum atomic E-state index is -0.0415. The van der Waals surface area contributed by atoms with Gasteiger partial charge in [-0.25, -0.2) is 0 Å². The van der Waals surface area contributed by atoms with E-state index in [1.807, 2.05) is 36.9 Å². The molecule has 2 heterocycles. The smallest absolute Gasteiger partial charge is 0.0935 e. The molecule has 0 saturated heterocycles. The fourth-order valence-corrected chi connectivity index (χ4v) is 2.62. The first-order valence-electron chi connectivity index (χ1n) is 6.84. The molecule has 0 radical (unpaired) electrons. The van der Waals surface area contributed by atoms with Crippen molar-refractivity contribution in [1.29, 1.82) is 0 Å². The van der Waals surface area contributed by atoms with Gasteiger partial charge in [-0.15, -0.1) is 0 Å². The summed E-state index contributed by atoms with van der Waals surface area (Å²) in [6.07, 6.45) is 4.14. The second-order valence-corrected chi connectivity index (χ2v) is 5.10. The Bertz CT molecular complexity index is 758. The molecule has 0 amide bonds. The molecule has 6 heteroatoms. The van der Waals surface area contributed by atoms with E-state index in [1.165, 1.54) is 0 Å². The fourth-order valence-electron chi connectivity index (χ4n) is 2.62. The summed E-state index contributed by atoms with van der Waals surface area (Å²) in [5, 5.41) is 4.37. The van der Waals surface area contributed by atoms with Crippen LogP contribution in [-0.2, 0) is 13.5 Å². The summed E-state index contributed by atoms with van der Waals surface area (Å²) in [4.78, 5) is 8.78. The fraction of sp³-hybridized carbons (Fsp3) is 0.267. The molecule has 0 bridgehead atoms. The minimum absolute atomic E-state index is 0.0415. The topological polar surface area (TPSA) is 81.6 Å². The van der Waals surface area contributed by atoms with Gasteiger partial charge in [0.1, 0.15) is 0 Å². The van der Waals surface area contributed by atoms with E-state index in [-0.39, 0.29) is 6.04 Å². The Balaban J connectivity index is 2.00. The Hall–Kier alpha value is -2.31. The molecule has 0 spiro atoms. The van der Waals surface area contributed by atoms with Crippen molar-refractivity contribution >= 4 is 11.0 Å². The van der Waals surface area contributed by atoms with Gasteiger partial charge in [-0.2, -0.15) is 5.10 Å². The maximum Gasteiger partial charge on any atom is 0.0935 e. The van der Waals surface area contributed by atoms with Gasteiger partial charge in [-0.3, -0.25) is 25.9 Å². The molecule has 1 atom stereocenters. The molecule has 3 N–H and O–H groups in total. The van der Waals surface area contributed by atoms with Crippen LogP contribution in [0, 0.1) is 6.92 Å². The number of aryl methyl sites for hydroxylation is 2. The lowest BCUT2D eigenvalue weighted by Gasteiger charge is -2.17. The highest BCUT2D eigenvalue weighted by molar-refractivity contribution is 5.78. The van der Waals surface area contributed by atoms with Crippen LogP contribution in [0.1, 0.15) is 23.0 Å². The van der Waals surface area contributed by atoms with Gasteiger partial charge in [-0.1, -0.05) is 12.1 Å². The van der Waals surface area contributed by atoms with Crippen LogP contribution in [0.2, 0.25) is 0 Å². The molecule has 0 fully saturated rings. The van der Waals surface area contributed by atoms with Crippen molar-refractivity contribution in [2.75, 3.05) is 0 Å². The van der Waals surface area contributed by atoms with Gasteiger partial charge in [0.25, 0.3) is 0 Å². The average molecular weight is 282 g/mol. The van der Waals surface area contributed by atoms with E-state index < -0.39 is 0 Å². The highest BCUT2D eigenvalue weighted by atomic mass is 15.3. The Morgan fingerprint density at radius 2 is 2.10 bits per heavy atom. The van der Waals surface area contributed by atoms with Crippen molar-refractivity contribution in [3.63, 3.8) is 0 Å². The molecule has 108 valence electrons. The second-order valence-electron chi connectivity index (χ2n) is 5.10. The van der Waals surface area contributed by atoms with Crippen molar-refractivity contribution in [3.05, 3.63) is 53.6 Å². The SMILES string of the molecule is Cc1cc(CC(NN)c2cccc3nccnc23)n(C)n1. The maximum absolute atomic E-state index is 5.77. The molecule has 1 aromatic carbocycles. The van der Waals surface area contributed by atoms with E-state index in [9.17, 15) is 0 Å². The van der Waals surface area contributed by atoms with E-state index in [0.29, 0.717) is 0 Å². The van der Waals surface area contributed by atoms with Crippen LogP contribution in [0.15, 0.2) is 36.7 Å². The number of benzene rings is 1. The lowest BCUT2D eigenvalue weighted by Crippen LogP contribution is -2.30. The Kier molecular flexibility index (Phi) is 3.64. The Morgan fingerprint density at radius 1 is 1.29 bits per heavy atom. The summed E-state index contributed by atoms with van der Waals surface area (Å²) in [5.41, 5.74) is 7.80. The predicted molar refractivity (Wildman–Crippen MR) is 81.3 cm³/mol. The van der Waals surface area contributed by atoms with Gasteiger partial charge >= 0.3 is 0 Å². The Morgan fingerprint density at radius 3 is 2.81 bits per heavy atom. The van der Waals surface area contributed by atoms with E-state index in [1.54, 1.807) is 12.4 Å². The van der Waals surface area contributed by atoms with Crippen LogP contribution in [0.3, 0.4) is 0 Å². The number of aromatic nitrogens is 4. The van der Waals surface area contributed by atoms with E-state index in [0.717, 1.165) is 34.4 Å². The van der Waals surface area contributed by atoms with Crippen LogP contribution >= 0.6 is 0 Å². The third-order valence-corrected chi connectivity index (χ3v) is 3.62. The Labute approximate surface area is 123 Å². The van der Waals surface area contributed by atoms with Gasteiger partial charge in [-0.05, 0) is 24.6 Å². The molecule has 0 saturated carbocycles. The quantitative estimate of drug-likeness (QED) is 0.558. The minimum Gasteiger partial charge on any atom is -0.272 e. The highest BCUT2D eigenvalue weighted by Crippen LogP contribution is 2.23. The summed E-state index contributed by atoms with van der Waals surface area (Å²) in [6, 6.07) is 7.99. The number of hydrogen-bond donors (Lipinski definition) is 2. The van der Waals surface area contributed by atoms with Crippen LogP contribution in [0.25, 0.3) is 11.0 Å². The zero-order chi connectivity index (χ0) is 14.8. The molecular formula is C15H18N6. The van der Waals surface area contributed by atoms with E-state index >= 15 is 0 Å². The second kappa shape index (κ2) is 5.59. The standard InChI is InChI=1S/C15H18N6/c1-10-8-11(21(2)20-10)9-14(19-16)12-4-3-5-13-15(12)18-7-6-17-13/h3-8,14,19H,9,16H2,1-2H3. The van der Waals surface area contributed by atoms with Gasteiger partial charge in [0, 0.05) is 31.6 Å². The summed E-state index contributed by atoms with van der Waals surface area (Å²) < 4.78 is 1.89. The predicted octanol–water partition coefficient (Wildman–Crippen LogP) is 1.42. The molecule has 21 heavy (non-hydrogen) atoms. The van der Waals surface area contributed by atoms with E-state index in [4.69, 9.17) is 5.84 Å². The molecule has 6 nitrogen and oxygen atoms in total. The monoisotopic (exact) mass is 282 g/mol. The normalized spacial score (nSPS) is 12.7. The molecule has 0 aliphatic heterocycles. The molecule has 3 aromatic rings. The van der Waals surface area contributed by atoms with Crippen molar-refractivity contribution in [2.45, 2.75) is 19.4 Å². The van der Waals surface area contributed by atoms with Gasteiger partial charge < -0.3 is 0 Å². The number of hydrogen-bond acceptors (Lipinski definition) is 5. The van der Waals surface area contributed by atoms with Gasteiger partial charge in [0.15, 0.2) is 0 Å². The summed E-state index contributed by atoms with van der Waals surface area (Å²) in [6.45, 7) is 1.98. The van der Waals surface area contributed by atoms with Crippen molar-refractivity contribution in [2.24, 2.45) is 12.9 Å². The zero-order valence-electron chi connectivity index (χ0n) is 12.1. The maximum atomic E-state index is 5.77. The van der Waals surface area contributed by atoms with Crippen molar-refractivity contribution < 1.29 is 0 Å². The number of nitrogens with two attached hydrogens (primary N) is 1. The summed E-state index contributed by atoms with van der Waals surface area (Å²) >= 11 is 0.